The standard InChI is InChI=1S/C15H29N.C2H6/c1-12(2)14-5-6-15(11-14)7-9-16(10-8-15)13(3)4;1-2/h12-14H,5-11H2,1-4H3;1-2H3. The van der Waals surface area contributed by atoms with Crippen molar-refractivity contribution in [2.45, 2.75) is 79.7 Å². The van der Waals surface area contributed by atoms with Crippen LogP contribution in [0.15, 0.2) is 0 Å². The van der Waals surface area contributed by atoms with Gasteiger partial charge in [-0.25, -0.2) is 0 Å². The van der Waals surface area contributed by atoms with Gasteiger partial charge in [0.2, 0.25) is 0 Å². The molecule has 1 aliphatic heterocycles. The maximum Gasteiger partial charge on any atom is 0.00385 e. The first kappa shape index (κ1) is 16.0. The zero-order valence-corrected chi connectivity index (χ0v) is 13.6. The van der Waals surface area contributed by atoms with Crippen molar-refractivity contribution >= 4 is 0 Å². The average molecular weight is 253 g/mol. The van der Waals surface area contributed by atoms with Crippen LogP contribution in [0, 0.1) is 17.3 Å². The van der Waals surface area contributed by atoms with Gasteiger partial charge in [-0.05, 0) is 76.3 Å². The van der Waals surface area contributed by atoms with Gasteiger partial charge < -0.3 is 4.90 Å². The minimum Gasteiger partial charge on any atom is -0.301 e. The number of piperidine rings is 1. The molecule has 108 valence electrons. The molecule has 1 saturated carbocycles. The maximum absolute atomic E-state index is 2.66. The van der Waals surface area contributed by atoms with Crippen molar-refractivity contribution in [2.24, 2.45) is 17.3 Å². The molecule has 1 nitrogen and oxygen atoms in total. The molecule has 0 bridgehead atoms. The van der Waals surface area contributed by atoms with Crippen molar-refractivity contribution in [1.29, 1.82) is 0 Å². The minimum absolute atomic E-state index is 0.750. The predicted molar refractivity (Wildman–Crippen MR) is 81.9 cm³/mol. The van der Waals surface area contributed by atoms with Gasteiger partial charge in [-0.2, -0.15) is 0 Å². The quantitative estimate of drug-likeness (QED) is 0.672. The van der Waals surface area contributed by atoms with Gasteiger partial charge in [-0.1, -0.05) is 27.7 Å². The highest BCUT2D eigenvalue weighted by molar-refractivity contribution is 4.94. The fraction of sp³-hybridized carbons (Fsp3) is 1.00. The molecule has 1 heteroatoms. The molecule has 1 spiro atoms. The van der Waals surface area contributed by atoms with E-state index < -0.39 is 0 Å². The molecule has 2 rings (SSSR count). The third-order valence-corrected chi connectivity index (χ3v) is 5.27. The van der Waals surface area contributed by atoms with E-state index in [9.17, 15) is 0 Å². The van der Waals surface area contributed by atoms with E-state index in [1.165, 1.54) is 45.2 Å². The van der Waals surface area contributed by atoms with Gasteiger partial charge in [0, 0.05) is 6.04 Å². The van der Waals surface area contributed by atoms with Gasteiger partial charge in [0.1, 0.15) is 0 Å². The van der Waals surface area contributed by atoms with Crippen LogP contribution < -0.4 is 0 Å². The van der Waals surface area contributed by atoms with Crippen molar-refractivity contribution in [1.82, 2.24) is 4.90 Å². The molecule has 0 aromatic rings. The van der Waals surface area contributed by atoms with E-state index in [0.717, 1.165) is 23.3 Å². The van der Waals surface area contributed by atoms with Crippen molar-refractivity contribution in [2.75, 3.05) is 13.1 Å². The summed E-state index contributed by atoms with van der Waals surface area (Å²) >= 11 is 0. The van der Waals surface area contributed by atoms with Crippen LogP contribution in [0.5, 0.6) is 0 Å². The Morgan fingerprint density at radius 3 is 1.89 bits per heavy atom. The van der Waals surface area contributed by atoms with Crippen LogP contribution >= 0.6 is 0 Å². The highest BCUT2D eigenvalue weighted by Crippen LogP contribution is 2.50. The normalized spacial score (nSPS) is 27.7. The lowest BCUT2D eigenvalue weighted by Gasteiger charge is -2.41. The summed E-state index contributed by atoms with van der Waals surface area (Å²) in [5, 5.41) is 0. The monoisotopic (exact) mass is 253 g/mol. The van der Waals surface area contributed by atoms with Gasteiger partial charge >= 0.3 is 0 Å². The van der Waals surface area contributed by atoms with Gasteiger partial charge in [0.25, 0.3) is 0 Å². The van der Waals surface area contributed by atoms with E-state index in [1.807, 2.05) is 13.8 Å². The van der Waals surface area contributed by atoms with Gasteiger partial charge in [-0.15, -0.1) is 0 Å². The molecular weight excluding hydrogens is 218 g/mol. The van der Waals surface area contributed by atoms with E-state index >= 15 is 0 Å². The number of likely N-dealkylation sites (tertiary alicyclic amines) is 1. The molecule has 2 fully saturated rings. The summed E-state index contributed by atoms with van der Waals surface area (Å²) < 4.78 is 0. The van der Waals surface area contributed by atoms with E-state index in [0.29, 0.717) is 0 Å². The largest absolute Gasteiger partial charge is 0.301 e. The first-order chi connectivity index (χ1) is 8.52. The fourth-order valence-electron chi connectivity index (χ4n) is 3.79. The summed E-state index contributed by atoms with van der Waals surface area (Å²) in [5.41, 5.74) is 0.750. The highest BCUT2D eigenvalue weighted by Gasteiger charge is 2.42. The second-order valence-electron chi connectivity index (χ2n) is 6.88. The Kier molecular flexibility index (Phi) is 6.17. The molecular formula is C17H35N. The third kappa shape index (κ3) is 3.73. The van der Waals surface area contributed by atoms with Crippen molar-refractivity contribution in [3.05, 3.63) is 0 Å². The minimum atomic E-state index is 0.750. The van der Waals surface area contributed by atoms with Crippen LogP contribution in [0.4, 0.5) is 0 Å². The Bertz CT molecular complexity index is 224. The zero-order valence-electron chi connectivity index (χ0n) is 13.6. The predicted octanol–water partition coefficient (Wildman–Crippen LogP) is 4.96. The van der Waals surface area contributed by atoms with Crippen molar-refractivity contribution in [3.8, 4) is 0 Å². The molecule has 0 radical (unpaired) electrons. The van der Waals surface area contributed by atoms with E-state index in [-0.39, 0.29) is 0 Å². The molecule has 0 aromatic carbocycles. The van der Waals surface area contributed by atoms with Crippen LogP contribution in [0.3, 0.4) is 0 Å². The summed E-state index contributed by atoms with van der Waals surface area (Å²) in [6, 6.07) is 0.750. The second kappa shape index (κ2) is 6.93. The van der Waals surface area contributed by atoms with E-state index in [1.54, 1.807) is 0 Å². The van der Waals surface area contributed by atoms with Crippen LogP contribution in [-0.2, 0) is 0 Å². The Morgan fingerprint density at radius 2 is 1.50 bits per heavy atom. The lowest BCUT2D eigenvalue weighted by molar-refractivity contribution is 0.0821. The van der Waals surface area contributed by atoms with Crippen LogP contribution in [-0.4, -0.2) is 24.0 Å². The average Bonchev–Trinajstić information content (AvgIpc) is 2.77. The summed E-state index contributed by atoms with van der Waals surface area (Å²) in [5.74, 6) is 1.92. The van der Waals surface area contributed by atoms with Crippen LogP contribution in [0.25, 0.3) is 0 Å². The Hall–Kier alpha value is -0.0400. The van der Waals surface area contributed by atoms with Crippen LogP contribution in [0.1, 0.15) is 73.6 Å². The van der Waals surface area contributed by atoms with Crippen molar-refractivity contribution in [3.63, 3.8) is 0 Å². The maximum atomic E-state index is 2.66. The van der Waals surface area contributed by atoms with Gasteiger partial charge in [0.15, 0.2) is 0 Å². The molecule has 1 atom stereocenters. The van der Waals surface area contributed by atoms with E-state index in [4.69, 9.17) is 0 Å². The molecule has 1 aliphatic carbocycles. The summed E-state index contributed by atoms with van der Waals surface area (Å²) in [6.07, 6.45) is 7.47. The Labute approximate surface area is 115 Å². The lowest BCUT2D eigenvalue weighted by atomic mass is 9.75. The third-order valence-electron chi connectivity index (χ3n) is 5.27. The fourth-order valence-corrected chi connectivity index (χ4v) is 3.79. The van der Waals surface area contributed by atoms with Crippen molar-refractivity contribution < 1.29 is 0 Å². The van der Waals surface area contributed by atoms with E-state index in [2.05, 4.69) is 32.6 Å². The van der Waals surface area contributed by atoms with Crippen LogP contribution in [0.2, 0.25) is 0 Å². The Balaban J connectivity index is 0.000000771. The summed E-state index contributed by atoms with van der Waals surface area (Å²) in [7, 11) is 0. The molecule has 1 heterocycles. The lowest BCUT2D eigenvalue weighted by Crippen LogP contribution is -2.42. The molecule has 0 amide bonds. The molecule has 18 heavy (non-hydrogen) atoms. The SMILES string of the molecule is CC.CC(C)C1CCC2(CCN(C(C)C)CC2)C1. The summed E-state index contributed by atoms with van der Waals surface area (Å²) in [4.78, 5) is 2.66. The smallest absolute Gasteiger partial charge is 0.00385 e. The molecule has 2 aliphatic rings. The molecule has 1 saturated heterocycles. The molecule has 1 unspecified atom stereocenters. The number of hydrogen-bond donors (Lipinski definition) is 0. The number of nitrogens with zero attached hydrogens (tertiary/aromatic N) is 1. The summed E-state index contributed by atoms with van der Waals surface area (Å²) in [6.45, 7) is 16.2. The molecule has 0 N–H and O–H groups in total. The van der Waals surface area contributed by atoms with Gasteiger partial charge in [-0.3, -0.25) is 0 Å². The zero-order chi connectivity index (χ0) is 13.8. The number of hydrogen-bond acceptors (Lipinski definition) is 1. The molecule has 0 aromatic heterocycles. The topological polar surface area (TPSA) is 3.24 Å². The first-order valence-electron chi connectivity index (χ1n) is 8.26. The van der Waals surface area contributed by atoms with Gasteiger partial charge in [0.05, 0.1) is 0 Å². The second-order valence-corrected chi connectivity index (χ2v) is 6.88. The highest BCUT2D eigenvalue weighted by atomic mass is 15.2. The Morgan fingerprint density at radius 1 is 0.944 bits per heavy atom. The first-order valence-corrected chi connectivity index (χ1v) is 8.26. The number of rotatable bonds is 2.